The summed E-state index contributed by atoms with van der Waals surface area (Å²) in [6, 6.07) is -0.153. The van der Waals surface area contributed by atoms with Gasteiger partial charge in [0.2, 0.25) is 0 Å². The first-order valence-corrected chi connectivity index (χ1v) is 4.09. The van der Waals surface area contributed by atoms with E-state index in [0.717, 1.165) is 19.3 Å². The van der Waals surface area contributed by atoms with Gasteiger partial charge in [-0.15, -0.1) is 0 Å². The molecule has 1 saturated carbocycles. The summed E-state index contributed by atoms with van der Waals surface area (Å²) in [5.74, 6) is 0.264. The molecule has 0 spiro atoms. The Morgan fingerprint density at radius 1 is 1.20 bits per heavy atom. The number of carbonyl (C=O) groups is 1. The van der Waals surface area contributed by atoms with Gasteiger partial charge in [-0.3, -0.25) is 4.79 Å². The Labute approximate surface area is 61.8 Å². The predicted molar refractivity (Wildman–Crippen MR) is 40.7 cm³/mol. The molecule has 0 bridgehead atoms. The number of nitrogens with two attached hydrogens (primary N) is 1. The lowest BCUT2D eigenvalue weighted by molar-refractivity contribution is -0.120. The van der Waals surface area contributed by atoms with Gasteiger partial charge >= 0.3 is 0 Å². The van der Waals surface area contributed by atoms with Crippen LogP contribution in [0.5, 0.6) is 0 Å². The molecule has 0 saturated heterocycles. The third-order valence-corrected chi connectivity index (χ3v) is 2.10. The second-order valence-corrected chi connectivity index (χ2v) is 3.03. The fourth-order valence-electron chi connectivity index (χ4n) is 1.36. The summed E-state index contributed by atoms with van der Waals surface area (Å²) >= 11 is 0. The van der Waals surface area contributed by atoms with Crippen LogP contribution in [0.4, 0.5) is 0 Å². The van der Waals surface area contributed by atoms with Crippen LogP contribution < -0.4 is 5.73 Å². The Morgan fingerprint density at radius 2 is 1.90 bits per heavy atom. The number of carbonyl (C=O) groups excluding carboxylic acids is 1. The molecule has 0 aliphatic heterocycles. The molecular formula is C8H15NO. The van der Waals surface area contributed by atoms with E-state index >= 15 is 0 Å². The Hall–Kier alpha value is -0.370. The highest BCUT2D eigenvalue weighted by atomic mass is 16.1. The first-order chi connectivity index (χ1) is 4.80. The van der Waals surface area contributed by atoms with E-state index in [4.69, 9.17) is 5.73 Å². The quantitative estimate of drug-likeness (QED) is 0.551. The molecule has 0 amide bonds. The average molecular weight is 141 g/mol. The SMILES string of the molecule is N[C@H]1CCCCCCC1=O. The molecule has 1 rings (SSSR count). The second-order valence-electron chi connectivity index (χ2n) is 3.03. The first kappa shape index (κ1) is 7.73. The molecule has 0 radical (unpaired) electrons. The molecular weight excluding hydrogens is 126 g/mol. The maximum atomic E-state index is 11.0. The second kappa shape index (κ2) is 3.71. The highest BCUT2D eigenvalue weighted by Crippen LogP contribution is 2.12. The fourth-order valence-corrected chi connectivity index (χ4v) is 1.36. The van der Waals surface area contributed by atoms with Crippen LogP contribution in [0.25, 0.3) is 0 Å². The molecule has 0 aromatic rings. The average Bonchev–Trinajstić information content (AvgIpc) is 1.92. The number of hydrogen-bond acceptors (Lipinski definition) is 2. The monoisotopic (exact) mass is 141 g/mol. The molecule has 2 heteroatoms. The van der Waals surface area contributed by atoms with Crippen LogP contribution in [0.1, 0.15) is 38.5 Å². The van der Waals surface area contributed by atoms with Gasteiger partial charge in [0.15, 0.2) is 0 Å². The number of hydrogen-bond donors (Lipinski definition) is 1. The molecule has 1 aliphatic rings. The van der Waals surface area contributed by atoms with Gasteiger partial charge in [0, 0.05) is 6.42 Å². The molecule has 1 fully saturated rings. The van der Waals surface area contributed by atoms with E-state index < -0.39 is 0 Å². The molecule has 0 heterocycles. The van der Waals surface area contributed by atoms with Gasteiger partial charge in [-0.1, -0.05) is 19.3 Å². The van der Waals surface area contributed by atoms with Crippen molar-refractivity contribution in [2.24, 2.45) is 5.73 Å². The summed E-state index contributed by atoms with van der Waals surface area (Å²) < 4.78 is 0. The lowest BCUT2D eigenvalue weighted by Crippen LogP contribution is -2.30. The van der Waals surface area contributed by atoms with Crippen LogP contribution in [0.3, 0.4) is 0 Å². The highest BCUT2D eigenvalue weighted by molar-refractivity contribution is 5.83. The third kappa shape index (κ3) is 2.10. The van der Waals surface area contributed by atoms with E-state index in [-0.39, 0.29) is 11.8 Å². The Bertz CT molecular complexity index is 122. The first-order valence-electron chi connectivity index (χ1n) is 4.09. The van der Waals surface area contributed by atoms with Crippen LogP contribution in [-0.4, -0.2) is 11.8 Å². The maximum absolute atomic E-state index is 11.0. The molecule has 10 heavy (non-hydrogen) atoms. The van der Waals surface area contributed by atoms with Gasteiger partial charge in [-0.05, 0) is 12.8 Å². The van der Waals surface area contributed by atoms with Crippen molar-refractivity contribution in [3.8, 4) is 0 Å². The van der Waals surface area contributed by atoms with Crippen LogP contribution in [0.2, 0.25) is 0 Å². The molecule has 1 aliphatic carbocycles. The van der Waals surface area contributed by atoms with Crippen molar-refractivity contribution in [2.75, 3.05) is 0 Å². The van der Waals surface area contributed by atoms with Crippen molar-refractivity contribution in [3.63, 3.8) is 0 Å². The van der Waals surface area contributed by atoms with Crippen molar-refractivity contribution in [2.45, 2.75) is 44.6 Å². The van der Waals surface area contributed by atoms with Crippen molar-refractivity contribution in [3.05, 3.63) is 0 Å². The minimum atomic E-state index is -0.153. The fraction of sp³-hybridized carbons (Fsp3) is 0.875. The number of rotatable bonds is 0. The zero-order valence-corrected chi connectivity index (χ0v) is 6.31. The third-order valence-electron chi connectivity index (χ3n) is 2.10. The van der Waals surface area contributed by atoms with Crippen LogP contribution in [-0.2, 0) is 4.79 Å². The van der Waals surface area contributed by atoms with Crippen molar-refractivity contribution >= 4 is 5.78 Å². The van der Waals surface area contributed by atoms with E-state index in [9.17, 15) is 4.79 Å². The summed E-state index contributed by atoms with van der Waals surface area (Å²) in [6.07, 6.45) is 6.25. The normalized spacial score (nSPS) is 29.3. The summed E-state index contributed by atoms with van der Waals surface area (Å²) in [4.78, 5) is 11.0. The standard InChI is InChI=1S/C8H15NO/c9-7-5-3-1-2-4-6-8(7)10/h7H,1-6,9H2/t7-/m0/s1. The minimum absolute atomic E-state index is 0.153. The van der Waals surface area contributed by atoms with Gasteiger partial charge < -0.3 is 5.73 Å². The molecule has 58 valence electrons. The summed E-state index contributed by atoms with van der Waals surface area (Å²) in [5, 5.41) is 0. The number of ketones is 1. The topological polar surface area (TPSA) is 43.1 Å². The van der Waals surface area contributed by atoms with E-state index in [1.54, 1.807) is 0 Å². The smallest absolute Gasteiger partial charge is 0.149 e. The maximum Gasteiger partial charge on any atom is 0.149 e. The van der Waals surface area contributed by atoms with Gasteiger partial charge in [-0.2, -0.15) is 0 Å². The van der Waals surface area contributed by atoms with Crippen molar-refractivity contribution in [1.29, 1.82) is 0 Å². The van der Waals surface area contributed by atoms with E-state index in [1.807, 2.05) is 0 Å². The van der Waals surface area contributed by atoms with E-state index in [0.29, 0.717) is 6.42 Å². The van der Waals surface area contributed by atoms with E-state index in [1.165, 1.54) is 12.8 Å². The zero-order valence-electron chi connectivity index (χ0n) is 6.31. The zero-order chi connectivity index (χ0) is 7.40. The summed E-state index contributed by atoms with van der Waals surface area (Å²) in [6.45, 7) is 0. The molecule has 0 aromatic carbocycles. The van der Waals surface area contributed by atoms with Crippen molar-refractivity contribution < 1.29 is 4.79 Å². The summed E-state index contributed by atoms with van der Waals surface area (Å²) in [5.41, 5.74) is 5.60. The predicted octanol–water partition coefficient (Wildman–Crippen LogP) is 1.24. The Balaban J connectivity index is 2.35. The van der Waals surface area contributed by atoms with Crippen LogP contribution in [0, 0.1) is 0 Å². The van der Waals surface area contributed by atoms with Gasteiger partial charge in [0.05, 0.1) is 6.04 Å². The number of Topliss-reactive ketones (excluding diaryl/α,β-unsaturated/α-hetero) is 1. The molecule has 1 atom stereocenters. The lowest BCUT2D eigenvalue weighted by atomic mass is 9.96. The van der Waals surface area contributed by atoms with Gasteiger partial charge in [0.25, 0.3) is 0 Å². The Morgan fingerprint density at radius 3 is 2.70 bits per heavy atom. The van der Waals surface area contributed by atoms with E-state index in [2.05, 4.69) is 0 Å². The van der Waals surface area contributed by atoms with Crippen molar-refractivity contribution in [1.82, 2.24) is 0 Å². The van der Waals surface area contributed by atoms with Gasteiger partial charge in [-0.25, -0.2) is 0 Å². The molecule has 2 N–H and O–H groups in total. The lowest BCUT2D eigenvalue weighted by Gasteiger charge is -2.13. The molecule has 0 unspecified atom stereocenters. The molecule has 2 nitrogen and oxygen atoms in total. The molecule has 0 aromatic heterocycles. The summed E-state index contributed by atoms with van der Waals surface area (Å²) in [7, 11) is 0. The highest BCUT2D eigenvalue weighted by Gasteiger charge is 2.14. The Kier molecular flexibility index (Phi) is 2.87. The van der Waals surface area contributed by atoms with Crippen LogP contribution >= 0.6 is 0 Å². The largest absolute Gasteiger partial charge is 0.322 e. The van der Waals surface area contributed by atoms with Crippen LogP contribution in [0.15, 0.2) is 0 Å². The van der Waals surface area contributed by atoms with Gasteiger partial charge in [0.1, 0.15) is 5.78 Å². The minimum Gasteiger partial charge on any atom is -0.322 e.